The first kappa shape index (κ1) is 24.9. The summed E-state index contributed by atoms with van der Waals surface area (Å²) in [4.78, 5) is 35.4. The van der Waals surface area contributed by atoms with Crippen molar-refractivity contribution >= 4 is 52.2 Å². The second kappa shape index (κ2) is 11.4. The molecule has 34 heavy (non-hydrogen) atoms. The van der Waals surface area contributed by atoms with Crippen LogP contribution < -0.4 is 10.6 Å². The molecule has 0 bridgehead atoms. The Hall–Kier alpha value is -3.70. The van der Waals surface area contributed by atoms with Crippen LogP contribution in [0.5, 0.6) is 0 Å². The van der Waals surface area contributed by atoms with Crippen molar-refractivity contribution in [3.63, 3.8) is 0 Å². The number of rotatable bonds is 10. The molecule has 2 amide bonds. The molecular weight excluding hydrogens is 480 g/mol. The Bertz CT molecular complexity index is 1230. The molecule has 10 nitrogen and oxygen atoms in total. The minimum absolute atomic E-state index is 0.00603. The van der Waals surface area contributed by atoms with Gasteiger partial charge in [0.25, 0.3) is 5.69 Å². The zero-order valence-electron chi connectivity index (χ0n) is 18.2. The summed E-state index contributed by atoms with van der Waals surface area (Å²) in [6.07, 6.45) is 1.61. The average molecular weight is 501 g/mol. The highest BCUT2D eigenvalue weighted by atomic mass is 35.5. The Balaban J connectivity index is 1.62. The lowest BCUT2D eigenvalue weighted by Gasteiger charge is -2.09. The number of hydrogen-bond donors (Lipinski definition) is 2. The molecule has 2 aromatic carbocycles. The molecule has 0 aliphatic rings. The quantitative estimate of drug-likeness (QED) is 0.184. The van der Waals surface area contributed by atoms with E-state index in [1.54, 1.807) is 54.0 Å². The number of anilines is 2. The van der Waals surface area contributed by atoms with Crippen molar-refractivity contribution < 1.29 is 14.5 Å². The molecule has 176 valence electrons. The second-order valence-corrected chi connectivity index (χ2v) is 8.50. The number of carbonyl (C=O) groups excluding carboxylic acids is 2. The van der Waals surface area contributed by atoms with E-state index in [9.17, 15) is 19.7 Å². The molecule has 0 aliphatic heterocycles. The summed E-state index contributed by atoms with van der Waals surface area (Å²) in [6, 6.07) is 11.2. The maximum Gasteiger partial charge on any atom is 0.274 e. The fourth-order valence-corrected chi connectivity index (χ4v) is 3.85. The number of aromatic nitrogens is 3. The van der Waals surface area contributed by atoms with Gasteiger partial charge in [-0.25, -0.2) is 0 Å². The lowest BCUT2D eigenvalue weighted by molar-refractivity contribution is -0.385. The van der Waals surface area contributed by atoms with Crippen LogP contribution in [-0.2, 0) is 22.6 Å². The zero-order valence-corrected chi connectivity index (χ0v) is 19.7. The predicted octanol–water partition coefficient (Wildman–Crippen LogP) is 4.25. The molecule has 0 atom stereocenters. The molecule has 3 rings (SSSR count). The van der Waals surface area contributed by atoms with E-state index in [4.69, 9.17) is 11.6 Å². The number of aryl methyl sites for hydroxylation is 1. The van der Waals surface area contributed by atoms with E-state index in [1.807, 2.05) is 0 Å². The number of allylic oxidation sites excluding steroid dienone is 1. The SMILES string of the molecule is C=CCn1c(CC(=O)Nc2ccc(Cl)cc2)nnc1SCC(=O)Nc1ccc(C)c([N+](=O)[O-])c1. The van der Waals surface area contributed by atoms with Crippen molar-refractivity contribution in [1.29, 1.82) is 0 Å². The van der Waals surface area contributed by atoms with E-state index in [1.165, 1.54) is 6.07 Å². The van der Waals surface area contributed by atoms with E-state index < -0.39 is 4.92 Å². The Morgan fingerprint density at radius 2 is 1.82 bits per heavy atom. The van der Waals surface area contributed by atoms with Crippen LogP contribution in [0, 0.1) is 17.0 Å². The van der Waals surface area contributed by atoms with Crippen LogP contribution in [0.1, 0.15) is 11.4 Å². The molecule has 0 fully saturated rings. The number of nitrogens with one attached hydrogen (secondary N) is 2. The number of halogens is 1. The van der Waals surface area contributed by atoms with Gasteiger partial charge in [-0.05, 0) is 37.3 Å². The third kappa shape index (κ3) is 6.65. The normalized spacial score (nSPS) is 10.5. The minimum Gasteiger partial charge on any atom is -0.326 e. The van der Waals surface area contributed by atoms with Crippen molar-refractivity contribution in [3.05, 3.63) is 81.6 Å². The van der Waals surface area contributed by atoms with Crippen molar-refractivity contribution in [1.82, 2.24) is 14.8 Å². The lowest BCUT2D eigenvalue weighted by Crippen LogP contribution is -2.18. The van der Waals surface area contributed by atoms with Crippen molar-refractivity contribution in [2.24, 2.45) is 0 Å². The maximum atomic E-state index is 12.4. The van der Waals surface area contributed by atoms with E-state index in [2.05, 4.69) is 27.4 Å². The topological polar surface area (TPSA) is 132 Å². The molecule has 0 unspecified atom stereocenters. The van der Waals surface area contributed by atoms with Crippen LogP contribution in [0.15, 0.2) is 60.3 Å². The highest BCUT2D eigenvalue weighted by molar-refractivity contribution is 7.99. The number of nitro benzene ring substituents is 1. The second-order valence-electron chi connectivity index (χ2n) is 7.13. The van der Waals surface area contributed by atoms with Crippen molar-refractivity contribution in [2.45, 2.75) is 25.0 Å². The zero-order chi connectivity index (χ0) is 24.7. The standard InChI is InChI=1S/C22H21ClN6O4S/c1-3-10-28-19(12-20(30)24-16-8-5-15(23)6-9-16)26-27-22(28)34-13-21(31)25-17-7-4-14(2)18(11-17)29(32)33/h3-9,11H,1,10,12-13H2,2H3,(H,24,30)(H,25,31). The monoisotopic (exact) mass is 500 g/mol. The molecular formula is C22H21ClN6O4S. The number of thioether (sulfide) groups is 1. The first-order valence-corrected chi connectivity index (χ1v) is 11.4. The largest absolute Gasteiger partial charge is 0.326 e. The third-order valence-corrected chi connectivity index (χ3v) is 5.79. The minimum atomic E-state index is -0.498. The van der Waals surface area contributed by atoms with Gasteiger partial charge >= 0.3 is 0 Å². The third-order valence-electron chi connectivity index (χ3n) is 4.57. The van der Waals surface area contributed by atoms with E-state index in [0.29, 0.717) is 39.5 Å². The summed E-state index contributed by atoms with van der Waals surface area (Å²) in [6.45, 7) is 5.70. The molecule has 0 spiro atoms. The maximum absolute atomic E-state index is 12.4. The summed E-state index contributed by atoms with van der Waals surface area (Å²) in [5.41, 5.74) is 1.36. The van der Waals surface area contributed by atoms with Gasteiger partial charge in [-0.2, -0.15) is 0 Å². The molecule has 3 aromatic rings. The number of nitrogens with zero attached hydrogens (tertiary/aromatic N) is 4. The molecule has 2 N–H and O–H groups in total. The van der Waals surface area contributed by atoms with Gasteiger partial charge in [0.15, 0.2) is 5.16 Å². The van der Waals surface area contributed by atoms with Crippen LogP contribution in [0.4, 0.5) is 17.1 Å². The highest BCUT2D eigenvalue weighted by Gasteiger charge is 2.17. The van der Waals surface area contributed by atoms with Crippen molar-refractivity contribution in [2.75, 3.05) is 16.4 Å². The van der Waals surface area contributed by atoms with Gasteiger partial charge < -0.3 is 15.2 Å². The first-order chi connectivity index (χ1) is 16.3. The molecule has 0 saturated carbocycles. The van der Waals surface area contributed by atoms with Gasteiger partial charge in [-0.15, -0.1) is 16.8 Å². The Labute approximate surface area is 204 Å². The molecule has 1 aromatic heterocycles. The molecule has 0 radical (unpaired) electrons. The summed E-state index contributed by atoms with van der Waals surface area (Å²) < 4.78 is 1.70. The predicted molar refractivity (Wildman–Crippen MR) is 131 cm³/mol. The molecule has 12 heteroatoms. The summed E-state index contributed by atoms with van der Waals surface area (Å²) in [5, 5.41) is 25.7. The van der Waals surface area contributed by atoms with Crippen LogP contribution in [-0.4, -0.2) is 37.3 Å². The summed E-state index contributed by atoms with van der Waals surface area (Å²) in [5.74, 6) is -0.231. The van der Waals surface area contributed by atoms with Crippen LogP contribution in [0.25, 0.3) is 0 Å². The Morgan fingerprint density at radius 1 is 1.15 bits per heavy atom. The fourth-order valence-electron chi connectivity index (χ4n) is 2.96. The highest BCUT2D eigenvalue weighted by Crippen LogP contribution is 2.23. The summed E-state index contributed by atoms with van der Waals surface area (Å²) in [7, 11) is 0. The lowest BCUT2D eigenvalue weighted by atomic mass is 10.2. The number of nitro groups is 1. The van der Waals surface area contributed by atoms with E-state index in [0.717, 1.165) is 11.8 Å². The smallest absolute Gasteiger partial charge is 0.274 e. The number of carbonyl (C=O) groups is 2. The average Bonchev–Trinajstić information content (AvgIpc) is 3.16. The first-order valence-electron chi connectivity index (χ1n) is 10.0. The molecule has 0 saturated heterocycles. The van der Waals surface area contributed by atoms with Gasteiger partial charge in [-0.3, -0.25) is 19.7 Å². The van der Waals surface area contributed by atoms with Crippen molar-refractivity contribution in [3.8, 4) is 0 Å². The van der Waals surface area contributed by atoms with Gasteiger partial charge in [0, 0.05) is 34.6 Å². The Morgan fingerprint density at radius 3 is 2.50 bits per heavy atom. The summed E-state index contributed by atoms with van der Waals surface area (Å²) >= 11 is 6.99. The fraction of sp³-hybridized carbons (Fsp3) is 0.182. The number of benzene rings is 2. The van der Waals surface area contributed by atoms with Crippen LogP contribution >= 0.6 is 23.4 Å². The Kier molecular flexibility index (Phi) is 8.39. The number of hydrogen-bond acceptors (Lipinski definition) is 7. The van der Waals surface area contributed by atoms with Crippen LogP contribution in [0.2, 0.25) is 5.02 Å². The van der Waals surface area contributed by atoms with E-state index >= 15 is 0 Å². The van der Waals surface area contributed by atoms with Gasteiger partial charge in [0.1, 0.15) is 5.82 Å². The van der Waals surface area contributed by atoms with E-state index in [-0.39, 0.29) is 29.7 Å². The van der Waals surface area contributed by atoms with Gasteiger partial charge in [0.05, 0.1) is 17.1 Å². The molecule has 0 aliphatic carbocycles. The number of amides is 2. The molecule has 1 heterocycles. The van der Waals surface area contributed by atoms with Gasteiger partial charge in [0.2, 0.25) is 11.8 Å². The van der Waals surface area contributed by atoms with Crippen LogP contribution in [0.3, 0.4) is 0 Å². The van der Waals surface area contributed by atoms with Gasteiger partial charge in [-0.1, -0.05) is 35.5 Å².